The SMILES string of the molecule is COC(=O)C(N)Cc1ccc(-c2ccc(F)cc2F)o1. The molecule has 1 aromatic heterocycles. The molecule has 2 rings (SSSR count). The van der Waals surface area contributed by atoms with Gasteiger partial charge in [0.1, 0.15) is 29.2 Å². The molecule has 1 heterocycles. The number of hydrogen-bond acceptors (Lipinski definition) is 4. The van der Waals surface area contributed by atoms with Crippen LogP contribution in [0.2, 0.25) is 0 Å². The topological polar surface area (TPSA) is 65.5 Å². The number of carbonyl (C=O) groups excluding carboxylic acids is 1. The molecule has 20 heavy (non-hydrogen) atoms. The summed E-state index contributed by atoms with van der Waals surface area (Å²) in [5, 5.41) is 0. The molecule has 0 amide bonds. The van der Waals surface area contributed by atoms with Gasteiger partial charge in [0.05, 0.1) is 12.7 Å². The Kier molecular flexibility index (Phi) is 4.14. The van der Waals surface area contributed by atoms with Crippen molar-refractivity contribution < 1.29 is 22.7 Å². The number of hydrogen-bond donors (Lipinski definition) is 1. The first-order valence-corrected chi connectivity index (χ1v) is 5.89. The number of esters is 1. The minimum Gasteiger partial charge on any atom is -0.468 e. The number of halogens is 2. The maximum Gasteiger partial charge on any atom is 0.323 e. The third kappa shape index (κ3) is 3.03. The average Bonchev–Trinajstić information content (AvgIpc) is 2.85. The van der Waals surface area contributed by atoms with E-state index in [1.165, 1.54) is 19.2 Å². The number of methoxy groups -OCH3 is 1. The van der Waals surface area contributed by atoms with E-state index >= 15 is 0 Å². The van der Waals surface area contributed by atoms with Crippen molar-refractivity contribution in [3.05, 3.63) is 47.7 Å². The van der Waals surface area contributed by atoms with Crippen molar-refractivity contribution in [2.75, 3.05) is 7.11 Å². The highest BCUT2D eigenvalue weighted by Gasteiger charge is 2.17. The zero-order chi connectivity index (χ0) is 14.7. The number of nitrogens with two attached hydrogens (primary N) is 1. The first kappa shape index (κ1) is 14.2. The van der Waals surface area contributed by atoms with Gasteiger partial charge in [0, 0.05) is 12.5 Å². The summed E-state index contributed by atoms with van der Waals surface area (Å²) in [6.07, 6.45) is 0.134. The Hall–Kier alpha value is -2.21. The molecule has 1 unspecified atom stereocenters. The Balaban J connectivity index is 2.18. The molecule has 0 radical (unpaired) electrons. The Morgan fingerprint density at radius 1 is 1.35 bits per heavy atom. The normalized spacial score (nSPS) is 12.2. The third-order valence-corrected chi connectivity index (χ3v) is 2.78. The van der Waals surface area contributed by atoms with Crippen LogP contribution in [0.15, 0.2) is 34.7 Å². The van der Waals surface area contributed by atoms with Gasteiger partial charge in [-0.1, -0.05) is 0 Å². The van der Waals surface area contributed by atoms with E-state index in [0.717, 1.165) is 12.1 Å². The lowest BCUT2D eigenvalue weighted by Gasteiger charge is -2.06. The molecule has 4 nitrogen and oxygen atoms in total. The minimum absolute atomic E-state index is 0.134. The van der Waals surface area contributed by atoms with Gasteiger partial charge in [-0.3, -0.25) is 4.79 Å². The highest BCUT2D eigenvalue weighted by atomic mass is 19.1. The molecule has 1 aromatic carbocycles. The molecule has 0 aliphatic rings. The van der Waals surface area contributed by atoms with E-state index in [0.29, 0.717) is 5.76 Å². The summed E-state index contributed by atoms with van der Waals surface area (Å²) >= 11 is 0. The predicted octanol–water partition coefficient (Wildman–Crippen LogP) is 2.27. The molecule has 6 heteroatoms. The Morgan fingerprint density at radius 2 is 2.10 bits per heavy atom. The van der Waals surface area contributed by atoms with Crippen LogP contribution < -0.4 is 5.73 Å². The maximum atomic E-state index is 13.6. The first-order valence-electron chi connectivity index (χ1n) is 5.89. The molecule has 1 atom stereocenters. The predicted molar refractivity (Wildman–Crippen MR) is 67.8 cm³/mol. The number of furan rings is 1. The summed E-state index contributed by atoms with van der Waals surface area (Å²) < 4.78 is 36.3. The lowest BCUT2D eigenvalue weighted by atomic mass is 10.1. The molecule has 0 bridgehead atoms. The van der Waals surface area contributed by atoms with E-state index in [9.17, 15) is 13.6 Å². The van der Waals surface area contributed by atoms with Crippen molar-refractivity contribution in [3.63, 3.8) is 0 Å². The van der Waals surface area contributed by atoms with Crippen LogP contribution in [0.25, 0.3) is 11.3 Å². The highest BCUT2D eigenvalue weighted by molar-refractivity contribution is 5.75. The zero-order valence-corrected chi connectivity index (χ0v) is 10.7. The fraction of sp³-hybridized carbons (Fsp3) is 0.214. The monoisotopic (exact) mass is 281 g/mol. The van der Waals surface area contributed by atoms with Crippen LogP contribution in [0.1, 0.15) is 5.76 Å². The second-order valence-electron chi connectivity index (χ2n) is 4.22. The molecule has 0 aliphatic heterocycles. The van der Waals surface area contributed by atoms with Crippen molar-refractivity contribution in [3.8, 4) is 11.3 Å². The molecule has 0 spiro atoms. The lowest BCUT2D eigenvalue weighted by Crippen LogP contribution is -2.33. The van der Waals surface area contributed by atoms with Crippen LogP contribution in [0, 0.1) is 11.6 Å². The lowest BCUT2D eigenvalue weighted by molar-refractivity contribution is -0.142. The summed E-state index contributed by atoms with van der Waals surface area (Å²) in [5.41, 5.74) is 5.74. The van der Waals surface area contributed by atoms with E-state index < -0.39 is 23.6 Å². The van der Waals surface area contributed by atoms with Gasteiger partial charge in [0.2, 0.25) is 0 Å². The summed E-state index contributed by atoms with van der Waals surface area (Å²) in [6, 6.07) is 5.47. The van der Waals surface area contributed by atoms with E-state index in [2.05, 4.69) is 4.74 Å². The van der Waals surface area contributed by atoms with Gasteiger partial charge in [-0.05, 0) is 24.3 Å². The maximum absolute atomic E-state index is 13.6. The number of ether oxygens (including phenoxy) is 1. The second kappa shape index (κ2) is 5.83. The fourth-order valence-corrected chi connectivity index (χ4v) is 1.77. The molecule has 2 aromatic rings. The Bertz CT molecular complexity index is 625. The van der Waals surface area contributed by atoms with Crippen molar-refractivity contribution in [2.24, 2.45) is 5.73 Å². The van der Waals surface area contributed by atoms with Crippen LogP contribution in [0.4, 0.5) is 8.78 Å². The van der Waals surface area contributed by atoms with E-state index in [4.69, 9.17) is 10.2 Å². The van der Waals surface area contributed by atoms with Crippen molar-refractivity contribution >= 4 is 5.97 Å². The minimum atomic E-state index is -0.850. The van der Waals surface area contributed by atoms with Gasteiger partial charge >= 0.3 is 5.97 Å². The number of carbonyl (C=O) groups is 1. The first-order chi connectivity index (χ1) is 9.51. The molecular weight excluding hydrogens is 268 g/mol. The van der Waals surface area contributed by atoms with Crippen LogP contribution in [-0.4, -0.2) is 19.1 Å². The highest BCUT2D eigenvalue weighted by Crippen LogP contribution is 2.26. The second-order valence-corrected chi connectivity index (χ2v) is 4.22. The summed E-state index contributed by atoms with van der Waals surface area (Å²) in [6.45, 7) is 0. The van der Waals surface area contributed by atoms with Gasteiger partial charge in [0.15, 0.2) is 0 Å². The van der Waals surface area contributed by atoms with Crippen molar-refractivity contribution in [1.29, 1.82) is 0 Å². The van der Waals surface area contributed by atoms with Crippen LogP contribution in [0.3, 0.4) is 0 Å². The Morgan fingerprint density at radius 3 is 2.75 bits per heavy atom. The quantitative estimate of drug-likeness (QED) is 0.873. The van der Waals surface area contributed by atoms with Gasteiger partial charge < -0.3 is 14.9 Å². The van der Waals surface area contributed by atoms with Gasteiger partial charge in [-0.15, -0.1) is 0 Å². The number of rotatable bonds is 4. The van der Waals surface area contributed by atoms with Gasteiger partial charge in [0.25, 0.3) is 0 Å². The largest absolute Gasteiger partial charge is 0.468 e. The zero-order valence-electron chi connectivity index (χ0n) is 10.7. The molecular formula is C14H13F2NO3. The molecule has 0 fully saturated rings. The summed E-state index contributed by atoms with van der Waals surface area (Å²) in [7, 11) is 1.24. The molecule has 0 aliphatic carbocycles. The summed E-state index contributed by atoms with van der Waals surface area (Å²) in [4.78, 5) is 11.2. The standard InChI is InChI=1S/C14H13F2NO3/c1-19-14(18)12(17)7-9-3-5-13(20-9)10-4-2-8(15)6-11(10)16/h2-6,12H,7,17H2,1H3. The van der Waals surface area contributed by atoms with Crippen molar-refractivity contribution in [1.82, 2.24) is 0 Å². The van der Waals surface area contributed by atoms with E-state index in [1.807, 2.05) is 0 Å². The fourth-order valence-electron chi connectivity index (χ4n) is 1.77. The van der Waals surface area contributed by atoms with E-state index in [1.54, 1.807) is 6.07 Å². The van der Waals surface area contributed by atoms with Gasteiger partial charge in [-0.2, -0.15) is 0 Å². The number of benzene rings is 1. The van der Waals surface area contributed by atoms with Gasteiger partial charge in [-0.25, -0.2) is 8.78 Å². The molecule has 0 saturated carbocycles. The molecule has 0 saturated heterocycles. The average molecular weight is 281 g/mol. The molecule has 2 N–H and O–H groups in total. The summed E-state index contributed by atoms with van der Waals surface area (Å²) in [5.74, 6) is -1.28. The molecule has 106 valence electrons. The van der Waals surface area contributed by atoms with E-state index in [-0.39, 0.29) is 17.7 Å². The van der Waals surface area contributed by atoms with Crippen molar-refractivity contribution in [2.45, 2.75) is 12.5 Å². The smallest absolute Gasteiger partial charge is 0.323 e. The van der Waals surface area contributed by atoms with Crippen LogP contribution in [0.5, 0.6) is 0 Å². The third-order valence-electron chi connectivity index (χ3n) is 2.78. The van der Waals surface area contributed by atoms with Crippen LogP contribution >= 0.6 is 0 Å². The Labute approximate surface area is 114 Å². The van der Waals surface area contributed by atoms with Crippen LogP contribution in [-0.2, 0) is 16.0 Å².